The first kappa shape index (κ1) is 18.1. The molecule has 1 N–H and O–H groups in total. The summed E-state index contributed by atoms with van der Waals surface area (Å²) in [4.78, 5) is 12.6. The van der Waals surface area contributed by atoms with E-state index in [1.54, 1.807) is 13.2 Å². The lowest BCUT2D eigenvalue weighted by atomic mass is 10.1. The zero-order valence-corrected chi connectivity index (χ0v) is 15.7. The van der Waals surface area contributed by atoms with Crippen LogP contribution in [0, 0.1) is 0 Å². The van der Waals surface area contributed by atoms with Crippen molar-refractivity contribution in [3.05, 3.63) is 53.1 Å². The Bertz CT molecular complexity index is 801. The summed E-state index contributed by atoms with van der Waals surface area (Å²) in [6.45, 7) is 6.57. The van der Waals surface area contributed by atoms with E-state index in [1.807, 2.05) is 51.1 Å². The number of carbonyl (C=O) groups excluding carboxylic acids is 1. The molecule has 1 aliphatic heterocycles. The number of fused-ring (bicyclic) bond motifs is 1. The highest BCUT2D eigenvalue weighted by atomic mass is 16.5. The van der Waals surface area contributed by atoms with Crippen molar-refractivity contribution in [3.63, 3.8) is 0 Å². The van der Waals surface area contributed by atoms with Crippen LogP contribution in [0.4, 0.5) is 0 Å². The fourth-order valence-corrected chi connectivity index (χ4v) is 3.00. The van der Waals surface area contributed by atoms with Crippen molar-refractivity contribution < 1.29 is 19.0 Å². The first-order valence-electron chi connectivity index (χ1n) is 8.89. The molecule has 0 radical (unpaired) electrons. The van der Waals surface area contributed by atoms with Gasteiger partial charge in [0, 0.05) is 12.0 Å². The van der Waals surface area contributed by atoms with Gasteiger partial charge in [-0.05, 0) is 62.2 Å². The van der Waals surface area contributed by atoms with Crippen LogP contribution >= 0.6 is 0 Å². The van der Waals surface area contributed by atoms with Gasteiger partial charge in [-0.3, -0.25) is 4.79 Å². The highest BCUT2D eigenvalue weighted by Gasteiger charge is 2.18. The monoisotopic (exact) mass is 355 g/mol. The predicted octanol–water partition coefficient (Wildman–Crippen LogP) is 3.91. The average Bonchev–Trinajstić information content (AvgIpc) is 3.09. The van der Waals surface area contributed by atoms with Gasteiger partial charge >= 0.3 is 0 Å². The maximum absolute atomic E-state index is 12.6. The van der Waals surface area contributed by atoms with Crippen LogP contribution in [0.25, 0.3) is 0 Å². The van der Waals surface area contributed by atoms with Crippen LogP contribution in [0.3, 0.4) is 0 Å². The highest BCUT2D eigenvalue weighted by molar-refractivity contribution is 5.94. The molecule has 1 heterocycles. The van der Waals surface area contributed by atoms with Crippen LogP contribution in [0.15, 0.2) is 36.4 Å². The Balaban J connectivity index is 1.73. The van der Waals surface area contributed by atoms with Gasteiger partial charge in [0.2, 0.25) is 0 Å². The van der Waals surface area contributed by atoms with Crippen molar-refractivity contribution in [3.8, 4) is 17.2 Å². The summed E-state index contributed by atoms with van der Waals surface area (Å²) in [5.74, 6) is 2.13. The number of carbonyl (C=O) groups is 1. The molecule has 0 aromatic heterocycles. The topological polar surface area (TPSA) is 56.8 Å². The summed E-state index contributed by atoms with van der Waals surface area (Å²) in [6, 6.07) is 11.1. The number of hydrogen-bond donors (Lipinski definition) is 1. The second-order valence-electron chi connectivity index (χ2n) is 6.69. The van der Waals surface area contributed by atoms with Gasteiger partial charge in [0.05, 0.1) is 25.9 Å². The summed E-state index contributed by atoms with van der Waals surface area (Å²) in [5, 5.41) is 3.04. The van der Waals surface area contributed by atoms with Crippen molar-refractivity contribution >= 4 is 5.91 Å². The minimum absolute atomic E-state index is 0.0654. The zero-order chi connectivity index (χ0) is 18.7. The Morgan fingerprint density at radius 2 is 1.92 bits per heavy atom. The van der Waals surface area contributed by atoms with Crippen molar-refractivity contribution in [1.29, 1.82) is 0 Å². The van der Waals surface area contributed by atoms with Gasteiger partial charge < -0.3 is 19.5 Å². The van der Waals surface area contributed by atoms with Gasteiger partial charge in [0.25, 0.3) is 5.91 Å². The van der Waals surface area contributed by atoms with E-state index in [-0.39, 0.29) is 18.1 Å². The summed E-state index contributed by atoms with van der Waals surface area (Å²) < 4.78 is 16.7. The third-order valence-corrected chi connectivity index (χ3v) is 4.35. The second-order valence-corrected chi connectivity index (χ2v) is 6.69. The first-order valence-corrected chi connectivity index (χ1v) is 8.89. The first-order chi connectivity index (χ1) is 12.5. The van der Waals surface area contributed by atoms with E-state index in [0.29, 0.717) is 23.7 Å². The molecule has 3 rings (SSSR count). The normalized spacial score (nSPS) is 13.7. The number of benzene rings is 2. The zero-order valence-electron chi connectivity index (χ0n) is 15.7. The number of ether oxygens (including phenoxy) is 3. The Morgan fingerprint density at radius 1 is 1.12 bits per heavy atom. The molecule has 0 saturated carbocycles. The van der Waals surface area contributed by atoms with Gasteiger partial charge in [-0.2, -0.15) is 0 Å². The van der Waals surface area contributed by atoms with E-state index in [1.165, 1.54) is 0 Å². The van der Waals surface area contributed by atoms with Crippen LogP contribution in [0.1, 0.15) is 48.3 Å². The van der Waals surface area contributed by atoms with E-state index < -0.39 is 0 Å². The minimum atomic E-state index is -0.158. The third-order valence-electron chi connectivity index (χ3n) is 4.35. The number of amides is 1. The van der Waals surface area contributed by atoms with Crippen molar-refractivity contribution in [2.24, 2.45) is 0 Å². The molecule has 1 amide bonds. The molecule has 26 heavy (non-hydrogen) atoms. The number of rotatable bonds is 6. The molecule has 0 fully saturated rings. The fraction of sp³-hybridized carbons (Fsp3) is 0.381. The molecular weight excluding hydrogens is 330 g/mol. The van der Waals surface area contributed by atoms with E-state index in [2.05, 4.69) is 5.32 Å². The SMILES string of the molecule is COc1cc(C(C)NC(=O)c2ccc3c(c2)CCO3)ccc1OC(C)C. The lowest BCUT2D eigenvalue weighted by molar-refractivity contribution is 0.0939. The smallest absolute Gasteiger partial charge is 0.251 e. The Hall–Kier alpha value is -2.69. The van der Waals surface area contributed by atoms with Gasteiger partial charge in [-0.25, -0.2) is 0 Å². The van der Waals surface area contributed by atoms with Crippen LogP contribution in [0.5, 0.6) is 17.2 Å². The summed E-state index contributed by atoms with van der Waals surface area (Å²) >= 11 is 0. The lowest BCUT2D eigenvalue weighted by Crippen LogP contribution is -2.26. The van der Waals surface area contributed by atoms with Crippen molar-refractivity contribution in [2.45, 2.75) is 39.3 Å². The Labute approximate surface area is 154 Å². The van der Waals surface area contributed by atoms with Gasteiger partial charge in [-0.1, -0.05) is 6.07 Å². The Kier molecular flexibility index (Phi) is 5.35. The van der Waals surface area contributed by atoms with Crippen molar-refractivity contribution in [2.75, 3.05) is 13.7 Å². The largest absolute Gasteiger partial charge is 0.493 e. The minimum Gasteiger partial charge on any atom is -0.493 e. The third kappa shape index (κ3) is 3.93. The summed E-state index contributed by atoms with van der Waals surface area (Å²) in [7, 11) is 1.61. The summed E-state index contributed by atoms with van der Waals surface area (Å²) in [6.07, 6.45) is 0.913. The van der Waals surface area contributed by atoms with E-state index in [4.69, 9.17) is 14.2 Å². The maximum Gasteiger partial charge on any atom is 0.251 e. The molecule has 5 nitrogen and oxygen atoms in total. The average molecular weight is 355 g/mol. The number of nitrogens with one attached hydrogen (secondary N) is 1. The van der Waals surface area contributed by atoms with E-state index in [0.717, 1.165) is 23.3 Å². The van der Waals surface area contributed by atoms with Crippen LogP contribution in [-0.2, 0) is 6.42 Å². The predicted molar refractivity (Wildman–Crippen MR) is 100 cm³/mol. The molecule has 1 atom stereocenters. The van der Waals surface area contributed by atoms with Crippen LogP contribution in [0.2, 0.25) is 0 Å². The molecule has 2 aromatic rings. The molecule has 0 aliphatic carbocycles. The molecule has 0 spiro atoms. The molecule has 0 saturated heterocycles. The van der Waals surface area contributed by atoms with E-state index >= 15 is 0 Å². The molecule has 2 aromatic carbocycles. The molecule has 1 aliphatic rings. The van der Waals surface area contributed by atoms with Crippen LogP contribution < -0.4 is 19.5 Å². The standard InChI is InChI=1S/C21H25NO4/c1-13(2)26-19-8-5-15(12-20(19)24-4)14(3)22-21(23)17-6-7-18-16(11-17)9-10-25-18/h5-8,11-14H,9-10H2,1-4H3,(H,22,23). The summed E-state index contributed by atoms with van der Waals surface area (Å²) in [5.41, 5.74) is 2.69. The Morgan fingerprint density at radius 3 is 2.65 bits per heavy atom. The number of hydrogen-bond acceptors (Lipinski definition) is 4. The van der Waals surface area contributed by atoms with Gasteiger partial charge in [0.15, 0.2) is 11.5 Å². The molecule has 1 unspecified atom stereocenters. The molecule has 138 valence electrons. The maximum atomic E-state index is 12.6. The fourth-order valence-electron chi connectivity index (χ4n) is 3.00. The van der Waals surface area contributed by atoms with Gasteiger partial charge in [-0.15, -0.1) is 0 Å². The highest BCUT2D eigenvalue weighted by Crippen LogP contribution is 2.31. The van der Waals surface area contributed by atoms with Gasteiger partial charge in [0.1, 0.15) is 5.75 Å². The van der Waals surface area contributed by atoms with E-state index in [9.17, 15) is 4.79 Å². The molecule has 0 bridgehead atoms. The molecular formula is C21H25NO4. The number of methoxy groups -OCH3 is 1. The van der Waals surface area contributed by atoms with Crippen molar-refractivity contribution in [1.82, 2.24) is 5.32 Å². The quantitative estimate of drug-likeness (QED) is 0.854. The lowest BCUT2D eigenvalue weighted by Gasteiger charge is -2.18. The molecule has 5 heteroatoms. The second kappa shape index (κ2) is 7.68. The van der Waals surface area contributed by atoms with Crippen LogP contribution in [-0.4, -0.2) is 25.7 Å².